The second kappa shape index (κ2) is 5.15. The predicted molar refractivity (Wildman–Crippen MR) is 90.1 cm³/mol. The average molecular weight is 332 g/mol. The predicted octanol–water partition coefficient (Wildman–Crippen LogP) is 3.18. The number of rotatable bonds is 1. The third-order valence-corrected chi connectivity index (χ3v) is 6.85. The minimum Gasteiger partial charge on any atom is -0.481 e. The summed E-state index contributed by atoms with van der Waals surface area (Å²) in [4.78, 5) is 9.38. The molecule has 0 bridgehead atoms. The van der Waals surface area contributed by atoms with Crippen molar-refractivity contribution in [3.8, 4) is 5.88 Å². The molecule has 0 N–H and O–H groups in total. The summed E-state index contributed by atoms with van der Waals surface area (Å²) in [7, 11) is 1.70. The molecule has 5 heteroatoms. The molecule has 1 aromatic heterocycles. The van der Waals surface area contributed by atoms with E-state index >= 15 is 0 Å². The van der Waals surface area contributed by atoms with Gasteiger partial charge in [0.25, 0.3) is 0 Å². The standard InChI is InChI=1S/C19H28N2O3/c1-12-20-15-13(16(21-12)22-5)6-7-14-17(2,3)19(23-10-11-24-19)9-8-18(14,15)4/h14H,6-11H2,1-5H3/t14-,18-/m0/s1. The van der Waals surface area contributed by atoms with Crippen LogP contribution in [0.5, 0.6) is 5.88 Å². The van der Waals surface area contributed by atoms with Crippen molar-refractivity contribution in [1.29, 1.82) is 0 Å². The Balaban J connectivity index is 1.83. The zero-order valence-corrected chi connectivity index (χ0v) is 15.4. The maximum Gasteiger partial charge on any atom is 0.219 e. The zero-order valence-electron chi connectivity index (χ0n) is 15.4. The highest BCUT2D eigenvalue weighted by molar-refractivity contribution is 5.40. The van der Waals surface area contributed by atoms with E-state index in [4.69, 9.17) is 19.2 Å². The second-order valence-corrected chi connectivity index (χ2v) is 8.29. The molecule has 5 nitrogen and oxygen atoms in total. The summed E-state index contributed by atoms with van der Waals surface area (Å²) >= 11 is 0. The molecule has 1 saturated heterocycles. The first-order valence-corrected chi connectivity index (χ1v) is 9.04. The molecule has 132 valence electrons. The summed E-state index contributed by atoms with van der Waals surface area (Å²) in [6, 6.07) is 0. The van der Waals surface area contributed by atoms with Gasteiger partial charge in [0.1, 0.15) is 5.82 Å². The highest BCUT2D eigenvalue weighted by atomic mass is 16.7. The highest BCUT2D eigenvalue weighted by Crippen LogP contribution is 2.62. The molecular weight excluding hydrogens is 304 g/mol. The molecule has 1 aliphatic heterocycles. The molecule has 1 spiro atoms. The van der Waals surface area contributed by atoms with Crippen LogP contribution in [0.4, 0.5) is 0 Å². The summed E-state index contributed by atoms with van der Waals surface area (Å²) in [6.07, 6.45) is 3.98. The lowest BCUT2D eigenvalue weighted by atomic mass is 9.49. The van der Waals surface area contributed by atoms with Gasteiger partial charge in [-0.25, -0.2) is 4.98 Å². The smallest absolute Gasteiger partial charge is 0.219 e. The molecule has 0 aromatic carbocycles. The van der Waals surface area contributed by atoms with Gasteiger partial charge in [0.2, 0.25) is 5.88 Å². The maximum absolute atomic E-state index is 6.17. The van der Waals surface area contributed by atoms with Gasteiger partial charge in [-0.1, -0.05) is 20.8 Å². The molecule has 0 unspecified atom stereocenters. The molecule has 0 amide bonds. The van der Waals surface area contributed by atoms with Crippen LogP contribution in [0.1, 0.15) is 57.1 Å². The summed E-state index contributed by atoms with van der Waals surface area (Å²) in [5, 5.41) is 0. The SMILES string of the molecule is COc1nc(C)nc2c1CC[C@H]1C(C)(C)C3(CC[C@]21C)OCCO3. The van der Waals surface area contributed by atoms with Crippen LogP contribution in [0.15, 0.2) is 0 Å². The molecular formula is C19H28N2O3. The number of aryl methyl sites for hydroxylation is 1. The lowest BCUT2D eigenvalue weighted by Gasteiger charge is -2.59. The molecule has 1 aromatic rings. The molecule has 2 heterocycles. The molecule has 1 saturated carbocycles. The minimum atomic E-state index is -0.430. The Kier molecular flexibility index (Phi) is 3.49. The third kappa shape index (κ3) is 1.94. The quantitative estimate of drug-likeness (QED) is 0.790. The van der Waals surface area contributed by atoms with E-state index in [-0.39, 0.29) is 10.8 Å². The van der Waals surface area contributed by atoms with Crippen LogP contribution in [0.3, 0.4) is 0 Å². The summed E-state index contributed by atoms with van der Waals surface area (Å²) in [5.74, 6) is 1.58. The van der Waals surface area contributed by atoms with Gasteiger partial charge in [-0.2, -0.15) is 4.98 Å². The van der Waals surface area contributed by atoms with E-state index in [1.807, 2.05) is 6.92 Å². The Labute approximate surface area is 144 Å². The molecule has 2 fully saturated rings. The minimum absolute atomic E-state index is 0.0125. The van der Waals surface area contributed by atoms with Gasteiger partial charge in [0, 0.05) is 22.8 Å². The van der Waals surface area contributed by atoms with E-state index in [0.29, 0.717) is 19.1 Å². The van der Waals surface area contributed by atoms with Crippen LogP contribution < -0.4 is 4.74 Å². The van der Waals surface area contributed by atoms with Gasteiger partial charge in [0.15, 0.2) is 5.79 Å². The average Bonchev–Trinajstić information content (AvgIpc) is 3.02. The van der Waals surface area contributed by atoms with Crippen molar-refractivity contribution in [2.75, 3.05) is 20.3 Å². The van der Waals surface area contributed by atoms with Gasteiger partial charge in [-0.05, 0) is 32.1 Å². The normalized spacial score (nSPS) is 33.1. The van der Waals surface area contributed by atoms with Crippen molar-refractivity contribution < 1.29 is 14.2 Å². The second-order valence-electron chi connectivity index (χ2n) is 8.29. The van der Waals surface area contributed by atoms with E-state index in [1.165, 1.54) is 11.3 Å². The van der Waals surface area contributed by atoms with Crippen molar-refractivity contribution in [2.45, 2.75) is 64.6 Å². The fourth-order valence-corrected chi connectivity index (χ4v) is 5.64. The summed E-state index contributed by atoms with van der Waals surface area (Å²) in [6.45, 7) is 10.4. The van der Waals surface area contributed by atoms with Crippen LogP contribution in [0.25, 0.3) is 0 Å². The molecule has 3 aliphatic rings. The third-order valence-electron chi connectivity index (χ3n) is 6.85. The summed E-state index contributed by atoms with van der Waals surface area (Å²) < 4.78 is 17.9. The maximum atomic E-state index is 6.17. The number of nitrogens with zero attached hydrogens (tertiary/aromatic N) is 2. The van der Waals surface area contributed by atoms with E-state index in [2.05, 4.69) is 25.8 Å². The monoisotopic (exact) mass is 332 g/mol. The Morgan fingerprint density at radius 3 is 2.46 bits per heavy atom. The lowest BCUT2D eigenvalue weighted by Crippen LogP contribution is -2.61. The van der Waals surface area contributed by atoms with Crippen LogP contribution in [0, 0.1) is 18.3 Å². The Morgan fingerprint density at radius 1 is 1.08 bits per heavy atom. The van der Waals surface area contributed by atoms with Crippen LogP contribution in [-0.2, 0) is 21.3 Å². The van der Waals surface area contributed by atoms with Crippen molar-refractivity contribution in [1.82, 2.24) is 9.97 Å². The van der Waals surface area contributed by atoms with Crippen molar-refractivity contribution in [3.63, 3.8) is 0 Å². The summed E-state index contributed by atoms with van der Waals surface area (Å²) in [5.41, 5.74) is 2.34. The van der Waals surface area contributed by atoms with Gasteiger partial charge in [-0.15, -0.1) is 0 Å². The molecule has 2 atom stereocenters. The molecule has 4 rings (SSSR count). The van der Waals surface area contributed by atoms with Gasteiger partial charge < -0.3 is 14.2 Å². The van der Waals surface area contributed by atoms with Crippen molar-refractivity contribution >= 4 is 0 Å². The van der Waals surface area contributed by atoms with Crippen molar-refractivity contribution in [3.05, 3.63) is 17.1 Å². The first-order valence-electron chi connectivity index (χ1n) is 9.04. The number of methoxy groups -OCH3 is 1. The van der Waals surface area contributed by atoms with Crippen molar-refractivity contribution in [2.24, 2.45) is 11.3 Å². The van der Waals surface area contributed by atoms with Gasteiger partial charge >= 0.3 is 0 Å². The fourth-order valence-electron chi connectivity index (χ4n) is 5.64. The number of hydrogen-bond acceptors (Lipinski definition) is 5. The Hall–Kier alpha value is -1.20. The van der Waals surface area contributed by atoms with E-state index in [0.717, 1.165) is 37.4 Å². The molecule has 0 radical (unpaired) electrons. The topological polar surface area (TPSA) is 53.5 Å². The van der Waals surface area contributed by atoms with Gasteiger partial charge in [0.05, 0.1) is 26.0 Å². The molecule has 2 aliphatic carbocycles. The first kappa shape index (κ1) is 16.3. The number of ether oxygens (including phenoxy) is 3. The largest absolute Gasteiger partial charge is 0.481 e. The molecule has 24 heavy (non-hydrogen) atoms. The lowest BCUT2D eigenvalue weighted by molar-refractivity contribution is -0.276. The van der Waals surface area contributed by atoms with E-state index in [9.17, 15) is 0 Å². The number of aromatic nitrogens is 2. The van der Waals surface area contributed by atoms with Crippen LogP contribution in [0.2, 0.25) is 0 Å². The highest BCUT2D eigenvalue weighted by Gasteiger charge is 2.63. The number of fused-ring (bicyclic) bond motifs is 3. The van der Waals surface area contributed by atoms with E-state index in [1.54, 1.807) is 7.11 Å². The number of hydrogen-bond donors (Lipinski definition) is 0. The Bertz CT molecular complexity index is 667. The first-order chi connectivity index (χ1) is 11.3. The van der Waals surface area contributed by atoms with Crippen LogP contribution >= 0.6 is 0 Å². The fraction of sp³-hybridized carbons (Fsp3) is 0.789. The Morgan fingerprint density at radius 2 is 1.79 bits per heavy atom. The van der Waals surface area contributed by atoms with Crippen LogP contribution in [-0.4, -0.2) is 36.1 Å². The van der Waals surface area contributed by atoms with Gasteiger partial charge in [-0.3, -0.25) is 0 Å². The van der Waals surface area contributed by atoms with E-state index < -0.39 is 5.79 Å². The zero-order chi connectivity index (χ0) is 17.2.